The van der Waals surface area contributed by atoms with E-state index in [0.29, 0.717) is 17.5 Å². The molecule has 1 unspecified atom stereocenters. The molecule has 1 atom stereocenters. The summed E-state index contributed by atoms with van der Waals surface area (Å²) in [5.74, 6) is -0.0937. The van der Waals surface area contributed by atoms with E-state index in [4.69, 9.17) is 14.7 Å². The van der Waals surface area contributed by atoms with E-state index in [-0.39, 0.29) is 18.4 Å². The first-order valence-electron chi connectivity index (χ1n) is 14.5. The van der Waals surface area contributed by atoms with Crippen molar-refractivity contribution in [2.24, 2.45) is 11.8 Å². The van der Waals surface area contributed by atoms with E-state index in [1.807, 2.05) is 28.6 Å². The van der Waals surface area contributed by atoms with E-state index in [9.17, 15) is 14.7 Å². The van der Waals surface area contributed by atoms with Crippen LogP contribution in [0.25, 0.3) is 22.4 Å². The molecule has 3 aromatic rings. The van der Waals surface area contributed by atoms with Gasteiger partial charge < -0.3 is 14.7 Å². The summed E-state index contributed by atoms with van der Waals surface area (Å²) in [6.07, 6.45) is 8.84. The van der Waals surface area contributed by atoms with Gasteiger partial charge in [-0.1, -0.05) is 49.9 Å². The first-order chi connectivity index (χ1) is 19.6. The number of rotatable bonds is 10. The molecule has 3 heterocycles. The number of amides is 1. The zero-order valence-electron chi connectivity index (χ0n) is 22.7. The molecule has 40 heavy (non-hydrogen) atoms. The monoisotopic (exact) mass is 560 g/mol. The van der Waals surface area contributed by atoms with Gasteiger partial charge in [0.15, 0.2) is 5.13 Å². The lowest BCUT2D eigenvalue weighted by Crippen LogP contribution is -2.39. The van der Waals surface area contributed by atoms with Crippen LogP contribution < -0.4 is 9.80 Å². The molecule has 1 amide bonds. The Labute approximate surface area is 239 Å². The van der Waals surface area contributed by atoms with E-state index in [1.54, 1.807) is 0 Å². The van der Waals surface area contributed by atoms with Crippen molar-refractivity contribution in [3.05, 3.63) is 48.0 Å². The molecule has 0 bridgehead atoms. The van der Waals surface area contributed by atoms with Crippen LogP contribution in [-0.2, 0) is 14.3 Å². The van der Waals surface area contributed by atoms with Crippen LogP contribution >= 0.6 is 11.3 Å². The third kappa shape index (κ3) is 6.05. The van der Waals surface area contributed by atoms with Crippen LogP contribution in [0.5, 0.6) is 0 Å². The summed E-state index contributed by atoms with van der Waals surface area (Å²) in [4.78, 5) is 39.3. The molecule has 1 aliphatic heterocycles. The van der Waals surface area contributed by atoms with Gasteiger partial charge in [-0.2, -0.15) is 0 Å². The summed E-state index contributed by atoms with van der Waals surface area (Å²) in [6, 6.07) is 12.4. The number of benzene rings is 1. The van der Waals surface area contributed by atoms with Gasteiger partial charge in [-0.3, -0.25) is 14.5 Å². The summed E-state index contributed by atoms with van der Waals surface area (Å²) in [6.45, 7) is 3.12. The lowest BCUT2D eigenvalue weighted by molar-refractivity contribution is -0.141. The number of hydrogen-bond acceptors (Lipinski definition) is 7. The topological polar surface area (TPSA) is 95.9 Å². The maximum atomic E-state index is 13.9. The van der Waals surface area contributed by atoms with Gasteiger partial charge in [0, 0.05) is 47.8 Å². The Kier molecular flexibility index (Phi) is 8.11. The van der Waals surface area contributed by atoms with Crippen LogP contribution in [0.2, 0.25) is 0 Å². The van der Waals surface area contributed by atoms with Crippen LogP contribution in [0.4, 0.5) is 10.9 Å². The molecule has 0 radical (unpaired) electrons. The van der Waals surface area contributed by atoms with Gasteiger partial charge in [-0.05, 0) is 42.9 Å². The number of aromatic nitrogens is 2. The second-order valence-corrected chi connectivity index (χ2v) is 12.0. The fraction of sp³-hybridized carbons (Fsp3) is 0.484. The van der Waals surface area contributed by atoms with E-state index in [0.717, 1.165) is 80.2 Å². The molecule has 3 fully saturated rings. The van der Waals surface area contributed by atoms with E-state index in [2.05, 4.69) is 29.2 Å². The number of carboxylic acids is 1. The van der Waals surface area contributed by atoms with E-state index >= 15 is 0 Å². The highest BCUT2D eigenvalue weighted by Gasteiger charge is 2.40. The SMILES string of the molecule is O=C(O)CC(CC1CCCC1)C(=O)N(c1nc(-c2ccccc2-c2ccc(N3CCOCC3)nc2)cs1)C1CC1. The molecule has 1 aromatic carbocycles. The van der Waals surface area contributed by atoms with Crippen molar-refractivity contribution in [3.8, 4) is 22.4 Å². The number of nitrogens with zero attached hydrogens (tertiary/aromatic N) is 4. The van der Waals surface area contributed by atoms with Crippen molar-refractivity contribution in [1.29, 1.82) is 0 Å². The van der Waals surface area contributed by atoms with Gasteiger partial charge in [-0.15, -0.1) is 11.3 Å². The molecule has 9 heteroatoms. The summed E-state index contributed by atoms with van der Waals surface area (Å²) >= 11 is 1.47. The summed E-state index contributed by atoms with van der Waals surface area (Å²) in [5, 5.41) is 12.3. The Balaban J connectivity index is 1.25. The van der Waals surface area contributed by atoms with Crippen LogP contribution in [0.1, 0.15) is 51.4 Å². The van der Waals surface area contributed by atoms with E-state index < -0.39 is 11.9 Å². The van der Waals surface area contributed by atoms with Crippen molar-refractivity contribution in [2.45, 2.75) is 57.4 Å². The van der Waals surface area contributed by atoms with Crippen LogP contribution in [0, 0.1) is 11.8 Å². The molecule has 1 saturated heterocycles. The highest BCUT2D eigenvalue weighted by Crippen LogP contribution is 2.40. The maximum absolute atomic E-state index is 13.9. The number of aliphatic carboxylic acids is 1. The zero-order valence-corrected chi connectivity index (χ0v) is 23.5. The normalized spacial score (nSPS) is 18.6. The van der Waals surface area contributed by atoms with E-state index in [1.165, 1.54) is 24.2 Å². The molecule has 3 aliphatic rings. The number of carbonyl (C=O) groups is 2. The van der Waals surface area contributed by atoms with Crippen molar-refractivity contribution in [2.75, 3.05) is 36.1 Å². The Bertz CT molecular complexity index is 1330. The Hall–Kier alpha value is -3.30. The van der Waals surface area contributed by atoms with Crippen molar-refractivity contribution in [1.82, 2.24) is 9.97 Å². The molecule has 6 rings (SSSR count). The number of pyridine rings is 1. The lowest BCUT2D eigenvalue weighted by Gasteiger charge is -2.27. The number of thiazole rings is 1. The third-order valence-electron chi connectivity index (χ3n) is 8.31. The predicted octanol–water partition coefficient (Wildman–Crippen LogP) is 5.88. The minimum Gasteiger partial charge on any atom is -0.481 e. The van der Waals surface area contributed by atoms with Gasteiger partial charge in [0.05, 0.1) is 25.3 Å². The Morgan fingerprint density at radius 1 is 1.05 bits per heavy atom. The number of hydrogen-bond donors (Lipinski definition) is 1. The van der Waals surface area contributed by atoms with Crippen LogP contribution in [-0.4, -0.2) is 59.3 Å². The molecule has 2 saturated carbocycles. The second-order valence-electron chi connectivity index (χ2n) is 11.2. The minimum absolute atomic E-state index is 0.0751. The van der Waals surface area contributed by atoms with Crippen molar-refractivity contribution < 1.29 is 19.4 Å². The Morgan fingerprint density at radius 2 is 1.80 bits per heavy atom. The van der Waals surface area contributed by atoms with Crippen LogP contribution in [0.3, 0.4) is 0 Å². The number of carbonyl (C=O) groups excluding carboxylic acids is 1. The first kappa shape index (κ1) is 26.9. The highest BCUT2D eigenvalue weighted by molar-refractivity contribution is 7.14. The summed E-state index contributed by atoms with van der Waals surface area (Å²) < 4.78 is 5.46. The molecule has 2 aliphatic carbocycles. The minimum atomic E-state index is -0.908. The molecule has 0 spiro atoms. The van der Waals surface area contributed by atoms with Crippen LogP contribution in [0.15, 0.2) is 48.0 Å². The molecular weight excluding hydrogens is 524 g/mol. The van der Waals surface area contributed by atoms with Crippen molar-refractivity contribution in [3.63, 3.8) is 0 Å². The maximum Gasteiger partial charge on any atom is 0.304 e. The quantitative estimate of drug-likeness (QED) is 0.331. The fourth-order valence-corrected chi connectivity index (χ4v) is 6.97. The van der Waals surface area contributed by atoms with Gasteiger partial charge in [0.2, 0.25) is 5.91 Å². The number of morpholine rings is 1. The summed E-state index contributed by atoms with van der Waals surface area (Å²) in [5.41, 5.74) is 3.85. The molecule has 210 valence electrons. The third-order valence-corrected chi connectivity index (χ3v) is 9.15. The predicted molar refractivity (Wildman–Crippen MR) is 157 cm³/mol. The highest BCUT2D eigenvalue weighted by atomic mass is 32.1. The summed E-state index contributed by atoms with van der Waals surface area (Å²) in [7, 11) is 0. The molecule has 8 nitrogen and oxygen atoms in total. The largest absolute Gasteiger partial charge is 0.481 e. The van der Waals surface area contributed by atoms with Gasteiger partial charge in [-0.25, -0.2) is 9.97 Å². The van der Waals surface area contributed by atoms with Crippen molar-refractivity contribution >= 4 is 34.2 Å². The molecule has 1 N–H and O–H groups in total. The average molecular weight is 561 g/mol. The molecular formula is C31H36N4O4S. The smallest absolute Gasteiger partial charge is 0.304 e. The lowest BCUT2D eigenvalue weighted by atomic mass is 9.90. The van der Waals surface area contributed by atoms with Gasteiger partial charge >= 0.3 is 5.97 Å². The van der Waals surface area contributed by atoms with Gasteiger partial charge in [0.25, 0.3) is 0 Å². The second kappa shape index (κ2) is 12.1. The standard InChI is InChI=1S/C31H36N4O4S/c36-29(37)18-23(17-21-5-1-2-6-21)30(38)35(24-10-11-24)31-33-27(20-40-31)26-8-4-3-7-25(26)22-9-12-28(32-19-22)34-13-15-39-16-14-34/h3-4,7-9,12,19-21,23-24H,1-2,5-6,10-11,13-18H2,(H,36,37). The fourth-order valence-electron chi connectivity index (χ4n) is 6.07. The zero-order chi connectivity index (χ0) is 27.5. The number of anilines is 2. The van der Waals surface area contributed by atoms with Gasteiger partial charge in [0.1, 0.15) is 5.82 Å². The first-order valence-corrected chi connectivity index (χ1v) is 15.3. The average Bonchev–Trinajstić information content (AvgIpc) is 3.45. The molecule has 2 aromatic heterocycles. The number of carboxylic acid groups (broad SMARTS) is 1. The number of ether oxygens (including phenoxy) is 1. The Morgan fingerprint density at radius 3 is 2.48 bits per heavy atom.